The Balaban J connectivity index is 1.79. The van der Waals surface area contributed by atoms with Crippen LogP contribution in [0, 0.1) is 0 Å². The maximum Gasteiger partial charge on any atom is 0.240 e. The predicted molar refractivity (Wildman–Crippen MR) is 101 cm³/mol. The van der Waals surface area contributed by atoms with Crippen LogP contribution in [0.5, 0.6) is 0 Å². The van der Waals surface area contributed by atoms with Gasteiger partial charge in [-0.1, -0.05) is 18.7 Å². The minimum Gasteiger partial charge on any atom is -0.368 e. The molecule has 11 heteroatoms. The Morgan fingerprint density at radius 1 is 1.35 bits per heavy atom. The van der Waals surface area contributed by atoms with Gasteiger partial charge in [-0.2, -0.15) is 9.97 Å². The van der Waals surface area contributed by atoms with Gasteiger partial charge in [0.1, 0.15) is 16.4 Å². The van der Waals surface area contributed by atoms with E-state index in [0.717, 1.165) is 0 Å². The van der Waals surface area contributed by atoms with Gasteiger partial charge in [0.05, 0.1) is 11.6 Å². The number of thioether (sulfide) groups is 1. The normalized spacial score (nSPS) is 12.1. The molecule has 4 N–H and O–H groups in total. The van der Waals surface area contributed by atoms with Crippen LogP contribution >= 0.6 is 11.8 Å². The molecule has 0 aliphatic rings. The quantitative estimate of drug-likeness (QED) is 0.431. The second-order valence-corrected chi connectivity index (χ2v) is 6.82. The molecule has 0 aromatic carbocycles. The zero-order valence-electron chi connectivity index (χ0n) is 14.6. The van der Waals surface area contributed by atoms with Gasteiger partial charge in [-0.25, -0.2) is 15.0 Å². The van der Waals surface area contributed by atoms with Gasteiger partial charge >= 0.3 is 0 Å². The number of imidazole rings is 1. The van der Waals surface area contributed by atoms with Crippen LogP contribution in [0.3, 0.4) is 0 Å². The molecule has 10 nitrogen and oxygen atoms in total. The lowest BCUT2D eigenvalue weighted by Gasteiger charge is -2.15. The summed E-state index contributed by atoms with van der Waals surface area (Å²) in [6.45, 7) is 1.92. The third-order valence-corrected chi connectivity index (χ3v) is 4.87. The van der Waals surface area contributed by atoms with E-state index in [-0.39, 0.29) is 17.8 Å². The number of aromatic nitrogens is 6. The van der Waals surface area contributed by atoms with E-state index in [2.05, 4.69) is 35.2 Å². The first kappa shape index (κ1) is 17.9. The Morgan fingerprint density at radius 3 is 2.88 bits per heavy atom. The van der Waals surface area contributed by atoms with Crippen molar-refractivity contribution in [2.24, 2.45) is 0 Å². The number of fused-ring (bicyclic) bond motifs is 1. The van der Waals surface area contributed by atoms with Gasteiger partial charge in [0.2, 0.25) is 17.8 Å². The van der Waals surface area contributed by atoms with Crippen LogP contribution < -0.4 is 16.0 Å². The van der Waals surface area contributed by atoms with Crippen LogP contribution in [0.15, 0.2) is 23.6 Å². The number of carbonyl (C=O) groups is 1. The molecule has 3 aromatic rings. The molecule has 0 saturated heterocycles. The van der Waals surface area contributed by atoms with Gasteiger partial charge in [0, 0.05) is 20.3 Å². The topological polar surface area (TPSA) is 139 Å². The van der Waals surface area contributed by atoms with Crippen molar-refractivity contribution in [3.8, 4) is 0 Å². The van der Waals surface area contributed by atoms with E-state index in [0.29, 0.717) is 28.4 Å². The van der Waals surface area contributed by atoms with E-state index >= 15 is 0 Å². The number of amides is 1. The van der Waals surface area contributed by atoms with E-state index in [9.17, 15) is 4.79 Å². The van der Waals surface area contributed by atoms with Crippen LogP contribution in [0.4, 0.5) is 17.7 Å². The Kier molecular flexibility index (Phi) is 5.16. The fourth-order valence-corrected chi connectivity index (χ4v) is 3.23. The lowest BCUT2D eigenvalue weighted by Crippen LogP contribution is -2.26. The molecule has 26 heavy (non-hydrogen) atoms. The highest BCUT2D eigenvalue weighted by Gasteiger charge is 2.22. The molecule has 0 aliphatic heterocycles. The summed E-state index contributed by atoms with van der Waals surface area (Å²) in [5.74, 6) is 0.871. The molecule has 0 aliphatic carbocycles. The summed E-state index contributed by atoms with van der Waals surface area (Å²) in [6, 6.07) is 1.76. The van der Waals surface area contributed by atoms with Gasteiger partial charge in [0.15, 0.2) is 5.65 Å². The molecule has 0 radical (unpaired) electrons. The summed E-state index contributed by atoms with van der Waals surface area (Å²) in [6.07, 6.45) is 3.71. The number of nitrogens with zero attached hydrogens (tertiary/aromatic N) is 6. The second-order valence-electron chi connectivity index (χ2n) is 5.62. The molecular weight excluding hydrogens is 354 g/mol. The third-order valence-electron chi connectivity index (χ3n) is 3.52. The maximum absolute atomic E-state index is 12.7. The maximum atomic E-state index is 12.7. The number of rotatable bonds is 6. The summed E-state index contributed by atoms with van der Waals surface area (Å²) in [4.78, 5) is 38.3. The Bertz CT molecular complexity index is 926. The zero-order valence-corrected chi connectivity index (χ0v) is 15.4. The number of hydrogen-bond donors (Lipinski definition) is 3. The van der Waals surface area contributed by atoms with E-state index in [1.54, 1.807) is 12.3 Å². The minimum atomic E-state index is -0.401. The van der Waals surface area contributed by atoms with Crippen molar-refractivity contribution >= 4 is 46.5 Å². The molecule has 1 amide bonds. The van der Waals surface area contributed by atoms with Gasteiger partial charge in [-0.3, -0.25) is 10.1 Å². The van der Waals surface area contributed by atoms with E-state index in [1.165, 1.54) is 18.1 Å². The van der Waals surface area contributed by atoms with Crippen molar-refractivity contribution in [2.75, 3.05) is 30.0 Å². The van der Waals surface area contributed by atoms with Crippen molar-refractivity contribution in [1.29, 1.82) is 0 Å². The SMILES string of the molecule is CC[C@H](Sc1nc(N)nc2nc[nH]c12)C(=O)Nc1nccc(N(C)C)n1. The average Bonchev–Trinajstić information content (AvgIpc) is 3.07. The fourth-order valence-electron chi connectivity index (χ4n) is 2.21. The first-order valence-electron chi connectivity index (χ1n) is 7.92. The molecule has 0 saturated carbocycles. The smallest absolute Gasteiger partial charge is 0.240 e. The molecule has 0 unspecified atom stereocenters. The molecule has 3 heterocycles. The van der Waals surface area contributed by atoms with Crippen LogP contribution in [0.2, 0.25) is 0 Å². The fraction of sp³-hybridized carbons (Fsp3) is 0.333. The van der Waals surface area contributed by atoms with Crippen molar-refractivity contribution < 1.29 is 4.79 Å². The Hall–Kier alpha value is -2.95. The third kappa shape index (κ3) is 3.82. The van der Waals surface area contributed by atoms with Gasteiger partial charge in [-0.15, -0.1) is 0 Å². The predicted octanol–water partition coefficient (Wildman–Crippen LogP) is 1.30. The number of nitrogens with one attached hydrogen (secondary N) is 2. The highest BCUT2D eigenvalue weighted by molar-refractivity contribution is 8.00. The van der Waals surface area contributed by atoms with Crippen LogP contribution in [-0.4, -0.2) is 55.2 Å². The van der Waals surface area contributed by atoms with E-state index < -0.39 is 5.25 Å². The standard InChI is InChI=1S/C15H19N9OS/c1-4-8(12(25)22-15-17-6-5-9(20-15)24(2)3)26-13-10-11(19-7-18-10)21-14(16)23-13/h5-8H,4H2,1-3H3,(H,17,20,22,25)(H3,16,18,19,21,23)/t8-/m0/s1. The number of H-pyrrole nitrogens is 1. The molecule has 0 bridgehead atoms. The summed E-state index contributed by atoms with van der Waals surface area (Å²) >= 11 is 1.29. The summed E-state index contributed by atoms with van der Waals surface area (Å²) in [5, 5.41) is 2.93. The van der Waals surface area contributed by atoms with Crippen molar-refractivity contribution in [3.05, 3.63) is 18.6 Å². The van der Waals surface area contributed by atoms with Crippen molar-refractivity contribution in [3.63, 3.8) is 0 Å². The van der Waals surface area contributed by atoms with Gasteiger partial charge < -0.3 is 15.6 Å². The highest BCUT2D eigenvalue weighted by atomic mass is 32.2. The average molecular weight is 373 g/mol. The minimum absolute atomic E-state index is 0.115. The molecule has 3 aromatic heterocycles. The summed E-state index contributed by atoms with van der Waals surface area (Å²) in [5.41, 5.74) is 6.85. The summed E-state index contributed by atoms with van der Waals surface area (Å²) < 4.78 is 0. The number of nitrogens with two attached hydrogens (primary N) is 1. The van der Waals surface area contributed by atoms with E-state index in [1.807, 2.05) is 25.9 Å². The number of hydrogen-bond acceptors (Lipinski definition) is 9. The molecule has 0 spiro atoms. The summed E-state index contributed by atoms with van der Waals surface area (Å²) in [7, 11) is 3.74. The first-order chi connectivity index (χ1) is 12.5. The molecule has 3 rings (SSSR count). The number of carbonyl (C=O) groups excluding carboxylic acids is 1. The van der Waals surface area contributed by atoms with Gasteiger partial charge in [-0.05, 0) is 12.5 Å². The number of nitrogen functional groups attached to an aromatic ring is 1. The number of aromatic amines is 1. The van der Waals surface area contributed by atoms with Crippen molar-refractivity contribution in [2.45, 2.75) is 23.6 Å². The van der Waals surface area contributed by atoms with Crippen LogP contribution in [0.25, 0.3) is 11.2 Å². The Morgan fingerprint density at radius 2 is 2.15 bits per heavy atom. The zero-order chi connectivity index (χ0) is 18.7. The second kappa shape index (κ2) is 7.52. The van der Waals surface area contributed by atoms with Crippen LogP contribution in [0.1, 0.15) is 13.3 Å². The molecular formula is C15H19N9OS. The number of anilines is 3. The van der Waals surface area contributed by atoms with E-state index in [4.69, 9.17) is 5.73 Å². The molecule has 1 atom stereocenters. The van der Waals surface area contributed by atoms with Crippen molar-refractivity contribution in [1.82, 2.24) is 29.9 Å². The lowest BCUT2D eigenvalue weighted by molar-refractivity contribution is -0.115. The lowest BCUT2D eigenvalue weighted by atomic mass is 10.3. The highest BCUT2D eigenvalue weighted by Crippen LogP contribution is 2.29. The van der Waals surface area contributed by atoms with Crippen LogP contribution in [-0.2, 0) is 4.79 Å². The molecule has 136 valence electrons. The van der Waals surface area contributed by atoms with Gasteiger partial charge in [0.25, 0.3) is 0 Å². The largest absolute Gasteiger partial charge is 0.368 e. The first-order valence-corrected chi connectivity index (χ1v) is 8.80. The Labute approximate surface area is 154 Å². The monoisotopic (exact) mass is 373 g/mol. The molecule has 0 fully saturated rings.